The molecule has 1 atom stereocenters. The summed E-state index contributed by atoms with van der Waals surface area (Å²) >= 11 is 0. The molecule has 0 fully saturated rings. The molecule has 11 nitrogen and oxygen atoms in total. The lowest BCUT2D eigenvalue weighted by atomic mass is 10.1. The summed E-state index contributed by atoms with van der Waals surface area (Å²) < 4.78 is 34.2. The molecule has 224 valence electrons. The van der Waals surface area contributed by atoms with Crippen LogP contribution >= 0.6 is 0 Å². The Morgan fingerprint density at radius 3 is 2.24 bits per heavy atom. The highest BCUT2D eigenvalue weighted by Gasteiger charge is 2.34. The van der Waals surface area contributed by atoms with Crippen molar-refractivity contribution in [3.05, 3.63) is 93.5 Å². The van der Waals surface area contributed by atoms with Crippen LogP contribution < -0.4 is 14.4 Å². The van der Waals surface area contributed by atoms with Crippen molar-refractivity contribution < 1.29 is 27.7 Å². The van der Waals surface area contributed by atoms with Gasteiger partial charge in [-0.2, -0.15) is 0 Å². The number of carbonyl (C=O) groups is 2. The molecule has 2 amide bonds. The van der Waals surface area contributed by atoms with Crippen molar-refractivity contribution in [1.29, 1.82) is 0 Å². The van der Waals surface area contributed by atoms with E-state index >= 15 is 0 Å². The number of hydrogen-bond donors (Lipinski definition) is 1. The largest absolute Gasteiger partial charge is 0.497 e. The van der Waals surface area contributed by atoms with E-state index in [0.717, 1.165) is 21.5 Å². The van der Waals surface area contributed by atoms with E-state index in [1.54, 1.807) is 26.0 Å². The first-order valence-electron chi connectivity index (χ1n) is 13.5. The number of aryl methyl sites for hydroxylation is 2. The molecule has 12 heteroatoms. The van der Waals surface area contributed by atoms with Gasteiger partial charge in [-0.15, -0.1) is 0 Å². The Morgan fingerprint density at radius 2 is 1.67 bits per heavy atom. The standard InChI is InChI=1S/C30H36N4O7S/c1-6-27(30(36)31-7-2)32(19-23-11-9-8-10-21(23)3)29(35)20-33(24-13-15-25(41-5)16-14-24)42(39,40)26-17-12-22(4)28(18-26)34(37)38/h8-18,27H,6-7,19-20H2,1-5H3,(H,31,36)/t27-/m0/s1. The third-order valence-electron chi connectivity index (χ3n) is 6.94. The summed E-state index contributed by atoms with van der Waals surface area (Å²) in [6.45, 7) is 6.74. The molecule has 0 saturated carbocycles. The summed E-state index contributed by atoms with van der Waals surface area (Å²) in [5, 5.41) is 14.4. The molecule has 42 heavy (non-hydrogen) atoms. The van der Waals surface area contributed by atoms with Crippen molar-refractivity contribution in [2.75, 3.05) is 24.5 Å². The lowest BCUT2D eigenvalue weighted by molar-refractivity contribution is -0.385. The van der Waals surface area contributed by atoms with Crippen LogP contribution in [0.25, 0.3) is 0 Å². The Hall–Kier alpha value is -4.45. The number of amides is 2. The molecule has 0 radical (unpaired) electrons. The molecular weight excluding hydrogens is 560 g/mol. The number of nitro groups is 1. The predicted octanol–water partition coefficient (Wildman–Crippen LogP) is 4.36. The van der Waals surface area contributed by atoms with E-state index in [2.05, 4.69) is 5.32 Å². The summed E-state index contributed by atoms with van der Waals surface area (Å²) in [5.74, 6) is -0.496. The van der Waals surface area contributed by atoms with Crippen molar-refractivity contribution in [2.45, 2.75) is 51.6 Å². The van der Waals surface area contributed by atoms with E-state index in [-0.39, 0.29) is 28.7 Å². The van der Waals surface area contributed by atoms with Gasteiger partial charge in [-0.3, -0.25) is 24.0 Å². The number of likely N-dealkylation sites (N-methyl/N-ethyl adjacent to an activating group) is 1. The molecule has 0 spiro atoms. The number of anilines is 1. The van der Waals surface area contributed by atoms with Crippen molar-refractivity contribution in [3.8, 4) is 5.75 Å². The van der Waals surface area contributed by atoms with E-state index in [1.807, 2.05) is 31.2 Å². The summed E-state index contributed by atoms with van der Waals surface area (Å²) in [4.78, 5) is 39.1. The number of nitrogens with zero attached hydrogens (tertiary/aromatic N) is 3. The maximum absolute atomic E-state index is 14.1. The van der Waals surface area contributed by atoms with Crippen molar-refractivity contribution in [2.24, 2.45) is 0 Å². The van der Waals surface area contributed by atoms with E-state index < -0.39 is 33.4 Å². The molecule has 0 heterocycles. The van der Waals surface area contributed by atoms with Crippen LogP contribution in [0.5, 0.6) is 5.75 Å². The number of hydrogen-bond acceptors (Lipinski definition) is 7. The fourth-order valence-electron chi connectivity index (χ4n) is 4.53. The number of benzene rings is 3. The molecule has 3 aromatic carbocycles. The van der Waals surface area contributed by atoms with Crippen LogP contribution in [0.15, 0.2) is 71.6 Å². The van der Waals surface area contributed by atoms with Crippen LogP contribution in [-0.2, 0) is 26.2 Å². The Labute approximate surface area is 246 Å². The summed E-state index contributed by atoms with van der Waals surface area (Å²) in [5.41, 5.74) is 1.80. The Morgan fingerprint density at radius 1 is 1.00 bits per heavy atom. The van der Waals surface area contributed by atoms with Gasteiger partial charge in [0.1, 0.15) is 18.3 Å². The van der Waals surface area contributed by atoms with Crippen molar-refractivity contribution >= 4 is 33.2 Å². The van der Waals surface area contributed by atoms with Gasteiger partial charge in [0.05, 0.1) is 22.6 Å². The predicted molar refractivity (Wildman–Crippen MR) is 160 cm³/mol. The zero-order valence-corrected chi connectivity index (χ0v) is 25.2. The zero-order chi connectivity index (χ0) is 31.0. The van der Waals surface area contributed by atoms with Crippen LogP contribution in [0, 0.1) is 24.0 Å². The quantitative estimate of drug-likeness (QED) is 0.228. The molecule has 0 aromatic heterocycles. The average molecular weight is 597 g/mol. The second-order valence-electron chi connectivity index (χ2n) is 9.68. The lowest BCUT2D eigenvalue weighted by Crippen LogP contribution is -2.52. The monoisotopic (exact) mass is 596 g/mol. The third kappa shape index (κ3) is 7.24. The number of nitro benzene ring substituents is 1. The van der Waals surface area contributed by atoms with Crippen molar-refractivity contribution in [1.82, 2.24) is 10.2 Å². The number of ether oxygens (including phenoxy) is 1. The maximum atomic E-state index is 14.1. The summed E-state index contributed by atoms with van der Waals surface area (Å²) in [6, 6.07) is 16.3. The van der Waals surface area contributed by atoms with E-state index in [1.165, 1.54) is 43.2 Å². The van der Waals surface area contributed by atoms with Gasteiger partial charge >= 0.3 is 0 Å². The van der Waals surface area contributed by atoms with Gasteiger partial charge in [-0.25, -0.2) is 8.42 Å². The smallest absolute Gasteiger partial charge is 0.273 e. The van der Waals surface area contributed by atoms with Gasteiger partial charge in [-0.1, -0.05) is 37.3 Å². The third-order valence-corrected chi connectivity index (χ3v) is 8.71. The number of nitrogens with one attached hydrogen (secondary N) is 1. The molecule has 3 rings (SSSR count). The van der Waals surface area contributed by atoms with Crippen LogP contribution in [0.1, 0.15) is 37.0 Å². The highest BCUT2D eigenvalue weighted by atomic mass is 32.2. The Bertz CT molecular complexity index is 1540. The van der Waals surface area contributed by atoms with Gasteiger partial charge in [0.2, 0.25) is 11.8 Å². The van der Waals surface area contributed by atoms with Gasteiger partial charge in [0.15, 0.2) is 0 Å². The number of sulfonamides is 1. The molecule has 0 aliphatic heterocycles. The molecule has 3 aromatic rings. The highest BCUT2D eigenvalue weighted by Crippen LogP contribution is 2.29. The minimum Gasteiger partial charge on any atom is -0.497 e. The first-order valence-corrected chi connectivity index (χ1v) is 14.9. The van der Waals surface area contributed by atoms with Crippen LogP contribution in [0.2, 0.25) is 0 Å². The molecule has 0 aliphatic rings. The number of carbonyl (C=O) groups excluding carboxylic acids is 2. The molecule has 0 bridgehead atoms. The van der Waals surface area contributed by atoms with Crippen LogP contribution in [0.3, 0.4) is 0 Å². The second kappa shape index (κ2) is 13.9. The van der Waals surface area contributed by atoms with Gasteiger partial charge in [0, 0.05) is 24.7 Å². The molecule has 1 N–H and O–H groups in total. The second-order valence-corrected chi connectivity index (χ2v) is 11.5. The highest BCUT2D eigenvalue weighted by molar-refractivity contribution is 7.92. The minimum atomic E-state index is -4.48. The number of methoxy groups -OCH3 is 1. The zero-order valence-electron chi connectivity index (χ0n) is 24.4. The SMILES string of the molecule is CCNC(=O)[C@H](CC)N(Cc1ccccc1C)C(=O)CN(c1ccc(OC)cc1)S(=O)(=O)c1ccc(C)c([N+](=O)[O-])c1. The van der Waals surface area contributed by atoms with E-state index in [0.29, 0.717) is 24.3 Å². The molecular formula is C30H36N4O7S. The van der Waals surface area contributed by atoms with Crippen molar-refractivity contribution in [3.63, 3.8) is 0 Å². The van der Waals surface area contributed by atoms with E-state index in [9.17, 15) is 28.1 Å². The summed E-state index contributed by atoms with van der Waals surface area (Å²) in [6.07, 6.45) is 0.295. The minimum absolute atomic E-state index is 0.0770. The first kappa shape index (κ1) is 32.1. The topological polar surface area (TPSA) is 139 Å². The maximum Gasteiger partial charge on any atom is 0.273 e. The lowest BCUT2D eigenvalue weighted by Gasteiger charge is -2.33. The van der Waals surface area contributed by atoms with Crippen LogP contribution in [0.4, 0.5) is 11.4 Å². The fourth-order valence-corrected chi connectivity index (χ4v) is 5.97. The number of rotatable bonds is 13. The van der Waals surface area contributed by atoms with Crippen LogP contribution in [-0.4, -0.2) is 56.3 Å². The van der Waals surface area contributed by atoms with Gasteiger partial charge in [0.25, 0.3) is 15.7 Å². The normalized spacial score (nSPS) is 11.8. The Balaban J connectivity index is 2.13. The summed E-state index contributed by atoms with van der Waals surface area (Å²) in [7, 11) is -3.01. The van der Waals surface area contributed by atoms with E-state index in [4.69, 9.17) is 4.74 Å². The average Bonchev–Trinajstić information content (AvgIpc) is 2.96. The molecule has 0 aliphatic carbocycles. The fraction of sp³-hybridized carbons (Fsp3) is 0.333. The molecule has 0 unspecified atom stereocenters. The molecule has 0 saturated heterocycles. The first-order chi connectivity index (χ1) is 19.9. The van der Waals surface area contributed by atoms with Gasteiger partial charge < -0.3 is 15.0 Å². The van der Waals surface area contributed by atoms with Gasteiger partial charge in [-0.05, 0) is 68.7 Å². The Kier molecular flexibility index (Phi) is 10.6.